The first-order valence-corrected chi connectivity index (χ1v) is 11.4. The van der Waals surface area contributed by atoms with Crippen LogP contribution in [0.4, 0.5) is 4.39 Å². The van der Waals surface area contributed by atoms with Gasteiger partial charge >= 0.3 is 0 Å². The number of likely N-dealkylation sites (tertiary alicyclic amines) is 1. The van der Waals surface area contributed by atoms with Gasteiger partial charge < -0.3 is 10.1 Å². The summed E-state index contributed by atoms with van der Waals surface area (Å²) < 4.78 is 18.2. The van der Waals surface area contributed by atoms with Crippen molar-refractivity contribution in [1.29, 1.82) is 0 Å². The maximum atomic E-state index is 13.2. The van der Waals surface area contributed by atoms with Gasteiger partial charge in [0.15, 0.2) is 0 Å². The second-order valence-electron chi connectivity index (χ2n) is 8.57. The van der Waals surface area contributed by atoms with Gasteiger partial charge in [0.25, 0.3) is 0 Å². The van der Waals surface area contributed by atoms with Gasteiger partial charge in [0, 0.05) is 26.4 Å². The molecule has 1 aromatic heterocycles. The number of nitrogens with zero attached hydrogens (tertiary/aromatic N) is 2. The van der Waals surface area contributed by atoms with Crippen molar-refractivity contribution < 1.29 is 13.9 Å². The molecule has 0 bridgehead atoms. The fourth-order valence-corrected chi connectivity index (χ4v) is 4.55. The van der Waals surface area contributed by atoms with Gasteiger partial charge in [0.1, 0.15) is 12.4 Å². The molecule has 4 rings (SSSR count). The Labute approximate surface area is 194 Å². The Morgan fingerprint density at radius 1 is 1.12 bits per heavy atom. The third-order valence-electron chi connectivity index (χ3n) is 6.15. The molecule has 33 heavy (non-hydrogen) atoms. The van der Waals surface area contributed by atoms with Gasteiger partial charge in [-0.3, -0.25) is 14.7 Å². The lowest BCUT2D eigenvalue weighted by molar-refractivity contribution is -0.126. The van der Waals surface area contributed by atoms with Crippen molar-refractivity contribution in [2.75, 3.05) is 26.8 Å². The van der Waals surface area contributed by atoms with E-state index in [4.69, 9.17) is 4.74 Å². The van der Waals surface area contributed by atoms with E-state index >= 15 is 0 Å². The predicted molar refractivity (Wildman–Crippen MR) is 127 cm³/mol. The van der Waals surface area contributed by atoms with Crippen LogP contribution in [0.1, 0.15) is 30.1 Å². The molecule has 0 unspecified atom stereocenters. The third-order valence-corrected chi connectivity index (χ3v) is 6.15. The number of carbonyl (C=O) groups excluding carboxylic acids is 1. The molecule has 172 valence electrons. The summed E-state index contributed by atoms with van der Waals surface area (Å²) in [4.78, 5) is 19.3. The number of piperidine rings is 1. The lowest BCUT2D eigenvalue weighted by atomic mass is 9.88. The zero-order chi connectivity index (χ0) is 23.0. The monoisotopic (exact) mass is 447 g/mol. The Morgan fingerprint density at radius 2 is 1.85 bits per heavy atom. The number of ether oxygens (including phenoxy) is 1. The number of methoxy groups -OCH3 is 1. The fourth-order valence-electron chi connectivity index (χ4n) is 4.55. The summed E-state index contributed by atoms with van der Waals surface area (Å²) in [6.07, 6.45) is 3.88. The molecular formula is C27H30FN3O2. The van der Waals surface area contributed by atoms with Gasteiger partial charge in [-0.2, -0.15) is 0 Å². The average Bonchev–Trinajstić information content (AvgIpc) is 2.84. The topological polar surface area (TPSA) is 54.5 Å². The summed E-state index contributed by atoms with van der Waals surface area (Å²) in [5.74, 6) is -0.0768. The average molecular weight is 448 g/mol. The van der Waals surface area contributed by atoms with Crippen LogP contribution in [0.3, 0.4) is 0 Å². The molecule has 1 saturated heterocycles. The number of pyridine rings is 1. The Balaban J connectivity index is 1.43. The minimum absolute atomic E-state index is 0.0418. The Bertz CT molecular complexity index is 1030. The maximum Gasteiger partial charge on any atom is 0.246 e. The van der Waals surface area contributed by atoms with Crippen LogP contribution >= 0.6 is 0 Å². The molecule has 0 saturated carbocycles. The van der Waals surface area contributed by atoms with Crippen LogP contribution in [0, 0.1) is 11.7 Å². The van der Waals surface area contributed by atoms with E-state index in [1.54, 1.807) is 18.3 Å². The second kappa shape index (κ2) is 11.2. The molecule has 1 N–H and O–H groups in total. The van der Waals surface area contributed by atoms with Gasteiger partial charge in [0.2, 0.25) is 5.91 Å². The summed E-state index contributed by atoms with van der Waals surface area (Å²) >= 11 is 0. The highest BCUT2D eigenvalue weighted by molar-refractivity contribution is 5.77. The van der Waals surface area contributed by atoms with E-state index in [9.17, 15) is 9.18 Å². The molecule has 2 atom stereocenters. The Kier molecular flexibility index (Phi) is 7.81. The summed E-state index contributed by atoms with van der Waals surface area (Å²) in [7, 11) is 1.53. The lowest BCUT2D eigenvalue weighted by Crippen LogP contribution is -2.43. The molecule has 1 fully saturated rings. The number of hydrogen-bond donors (Lipinski definition) is 1. The van der Waals surface area contributed by atoms with Crippen molar-refractivity contribution in [2.24, 2.45) is 5.92 Å². The minimum Gasteiger partial charge on any atom is -0.375 e. The predicted octanol–water partition coefficient (Wildman–Crippen LogP) is 4.60. The molecule has 1 aliphatic heterocycles. The smallest absolute Gasteiger partial charge is 0.246 e. The molecule has 2 aromatic carbocycles. The summed E-state index contributed by atoms with van der Waals surface area (Å²) in [5.41, 5.74) is 4.20. The van der Waals surface area contributed by atoms with Gasteiger partial charge in [-0.1, -0.05) is 42.5 Å². The lowest BCUT2D eigenvalue weighted by Gasteiger charge is -2.37. The van der Waals surface area contributed by atoms with E-state index in [2.05, 4.69) is 39.5 Å². The van der Waals surface area contributed by atoms with Crippen molar-refractivity contribution in [3.63, 3.8) is 0 Å². The standard InChI is InChI=1S/C27H30FN3O2/c1-33-19-26(32)30-27(25-6-2-3-15-29-25)23-5-4-16-31(18-23)17-20-7-9-21(10-8-20)22-11-13-24(28)14-12-22/h2-3,6-15,23,27H,4-5,16-19H2,1H3,(H,30,32)/t23-,27+/m0/s1. The van der Waals surface area contributed by atoms with E-state index in [1.807, 2.05) is 18.2 Å². The molecule has 1 aliphatic rings. The van der Waals surface area contributed by atoms with Crippen LogP contribution in [0.15, 0.2) is 72.9 Å². The first kappa shape index (κ1) is 23.1. The normalized spacial score (nSPS) is 17.5. The second-order valence-corrected chi connectivity index (χ2v) is 8.57. The molecule has 0 aliphatic carbocycles. The number of benzene rings is 2. The SMILES string of the molecule is COCC(=O)N[C@@H](c1ccccn1)[C@H]1CCCN(Cc2ccc(-c3ccc(F)cc3)cc2)C1. The summed E-state index contributed by atoms with van der Waals surface area (Å²) in [6.45, 7) is 2.80. The van der Waals surface area contributed by atoms with Crippen molar-refractivity contribution in [2.45, 2.75) is 25.4 Å². The first-order valence-electron chi connectivity index (χ1n) is 11.4. The minimum atomic E-state index is -0.225. The third kappa shape index (κ3) is 6.24. The van der Waals surface area contributed by atoms with E-state index < -0.39 is 0 Å². The fraction of sp³-hybridized carbons (Fsp3) is 0.333. The van der Waals surface area contributed by atoms with Crippen LogP contribution in [-0.2, 0) is 16.1 Å². The Morgan fingerprint density at radius 3 is 2.52 bits per heavy atom. The number of amides is 1. The zero-order valence-electron chi connectivity index (χ0n) is 18.9. The van der Waals surface area contributed by atoms with Crippen molar-refractivity contribution in [1.82, 2.24) is 15.2 Å². The van der Waals surface area contributed by atoms with Crippen molar-refractivity contribution in [3.8, 4) is 11.1 Å². The number of halogens is 1. The molecule has 0 radical (unpaired) electrons. The number of carbonyl (C=O) groups is 1. The summed E-state index contributed by atoms with van der Waals surface area (Å²) in [6, 6.07) is 20.7. The molecule has 2 heterocycles. The quantitative estimate of drug-likeness (QED) is 0.548. The molecular weight excluding hydrogens is 417 g/mol. The van der Waals surface area contributed by atoms with Crippen LogP contribution < -0.4 is 5.32 Å². The molecule has 6 heteroatoms. The van der Waals surface area contributed by atoms with E-state index in [1.165, 1.54) is 24.8 Å². The van der Waals surface area contributed by atoms with Gasteiger partial charge in [-0.25, -0.2) is 4.39 Å². The molecule has 1 amide bonds. The van der Waals surface area contributed by atoms with Crippen LogP contribution in [0.25, 0.3) is 11.1 Å². The van der Waals surface area contributed by atoms with Gasteiger partial charge in [0.05, 0.1) is 11.7 Å². The number of hydrogen-bond acceptors (Lipinski definition) is 4. The highest BCUT2D eigenvalue weighted by Gasteiger charge is 2.30. The number of nitrogens with one attached hydrogen (secondary N) is 1. The van der Waals surface area contributed by atoms with E-state index in [0.717, 1.165) is 49.3 Å². The largest absolute Gasteiger partial charge is 0.375 e. The van der Waals surface area contributed by atoms with Crippen LogP contribution in [-0.4, -0.2) is 42.6 Å². The zero-order valence-corrected chi connectivity index (χ0v) is 18.9. The highest BCUT2D eigenvalue weighted by atomic mass is 19.1. The van der Waals surface area contributed by atoms with Crippen molar-refractivity contribution in [3.05, 3.63) is 90.0 Å². The van der Waals surface area contributed by atoms with E-state index in [0.29, 0.717) is 0 Å². The van der Waals surface area contributed by atoms with E-state index in [-0.39, 0.29) is 30.3 Å². The number of rotatable bonds is 8. The van der Waals surface area contributed by atoms with Crippen molar-refractivity contribution >= 4 is 5.91 Å². The Hall–Kier alpha value is -3.09. The van der Waals surface area contributed by atoms with Gasteiger partial charge in [-0.15, -0.1) is 0 Å². The summed E-state index contributed by atoms with van der Waals surface area (Å²) in [5, 5.41) is 3.14. The molecule has 0 spiro atoms. The van der Waals surface area contributed by atoms with Crippen LogP contribution in [0.2, 0.25) is 0 Å². The van der Waals surface area contributed by atoms with Gasteiger partial charge in [-0.05, 0) is 66.3 Å². The highest BCUT2D eigenvalue weighted by Crippen LogP contribution is 2.30. The number of aromatic nitrogens is 1. The van der Waals surface area contributed by atoms with Crippen LogP contribution in [0.5, 0.6) is 0 Å². The maximum absolute atomic E-state index is 13.2. The first-order chi connectivity index (χ1) is 16.1. The molecule has 5 nitrogen and oxygen atoms in total. The molecule has 3 aromatic rings.